The molecule has 0 aromatic rings. The Hall–Kier alpha value is -0.120. The van der Waals surface area contributed by atoms with Gasteiger partial charge in [0, 0.05) is 25.2 Å². The summed E-state index contributed by atoms with van der Waals surface area (Å²) in [6.45, 7) is 6.39. The molecule has 3 heteroatoms. The van der Waals surface area contributed by atoms with Crippen LogP contribution in [0.5, 0.6) is 0 Å². The average Bonchev–Trinajstić information content (AvgIpc) is 2.94. The Morgan fingerprint density at radius 3 is 2.80 bits per heavy atom. The Morgan fingerprint density at radius 2 is 2.20 bits per heavy atom. The lowest BCUT2D eigenvalue weighted by Crippen LogP contribution is -2.38. The van der Waals surface area contributed by atoms with Crippen LogP contribution in [0.25, 0.3) is 0 Å². The first-order valence-corrected chi connectivity index (χ1v) is 6.20. The SMILES string of the molecule is CCCOCC1(O)CC(C)N(C2CC2)C1. The molecule has 0 amide bonds. The van der Waals surface area contributed by atoms with Gasteiger partial charge < -0.3 is 9.84 Å². The van der Waals surface area contributed by atoms with Crippen LogP contribution >= 0.6 is 0 Å². The molecule has 1 N–H and O–H groups in total. The molecule has 0 spiro atoms. The van der Waals surface area contributed by atoms with Crippen molar-refractivity contribution < 1.29 is 9.84 Å². The van der Waals surface area contributed by atoms with Gasteiger partial charge in [0.25, 0.3) is 0 Å². The van der Waals surface area contributed by atoms with Crippen molar-refractivity contribution in [1.29, 1.82) is 0 Å². The molecule has 15 heavy (non-hydrogen) atoms. The van der Waals surface area contributed by atoms with Gasteiger partial charge in [-0.05, 0) is 32.6 Å². The smallest absolute Gasteiger partial charge is 0.102 e. The van der Waals surface area contributed by atoms with Crippen molar-refractivity contribution in [3.63, 3.8) is 0 Å². The van der Waals surface area contributed by atoms with E-state index >= 15 is 0 Å². The van der Waals surface area contributed by atoms with Crippen LogP contribution in [0.1, 0.15) is 39.5 Å². The van der Waals surface area contributed by atoms with Gasteiger partial charge in [-0.2, -0.15) is 0 Å². The van der Waals surface area contributed by atoms with Gasteiger partial charge >= 0.3 is 0 Å². The topological polar surface area (TPSA) is 32.7 Å². The molecule has 2 atom stereocenters. The number of ether oxygens (including phenoxy) is 1. The molecule has 1 heterocycles. The van der Waals surface area contributed by atoms with Gasteiger partial charge in [0.2, 0.25) is 0 Å². The molecule has 0 bridgehead atoms. The van der Waals surface area contributed by atoms with Crippen LogP contribution in [0.15, 0.2) is 0 Å². The Balaban J connectivity index is 1.82. The van der Waals surface area contributed by atoms with Crippen LogP contribution in [0.4, 0.5) is 0 Å². The lowest BCUT2D eigenvalue weighted by atomic mass is 10.0. The quantitative estimate of drug-likeness (QED) is 0.701. The summed E-state index contributed by atoms with van der Waals surface area (Å²) in [5.41, 5.74) is -0.586. The van der Waals surface area contributed by atoms with Crippen molar-refractivity contribution in [2.24, 2.45) is 0 Å². The van der Waals surface area contributed by atoms with Gasteiger partial charge in [0.1, 0.15) is 5.60 Å². The Kier molecular flexibility index (Phi) is 3.33. The van der Waals surface area contributed by atoms with Crippen molar-refractivity contribution in [2.45, 2.75) is 57.2 Å². The van der Waals surface area contributed by atoms with Crippen LogP contribution in [0.2, 0.25) is 0 Å². The van der Waals surface area contributed by atoms with E-state index in [2.05, 4.69) is 18.7 Å². The third-order valence-corrected chi connectivity index (χ3v) is 3.45. The molecule has 2 unspecified atom stereocenters. The van der Waals surface area contributed by atoms with Crippen LogP contribution in [-0.4, -0.2) is 47.4 Å². The Labute approximate surface area is 92.4 Å². The van der Waals surface area contributed by atoms with E-state index in [1.807, 2.05) is 0 Å². The molecular weight excluding hydrogens is 190 g/mol. The number of β-amino-alcohol motifs (C(OH)–C–C–N with tert-alkyl or cyclic N) is 1. The van der Waals surface area contributed by atoms with E-state index < -0.39 is 5.60 Å². The number of aliphatic hydroxyl groups is 1. The molecule has 1 aliphatic carbocycles. The zero-order valence-corrected chi connectivity index (χ0v) is 9.91. The predicted octanol–water partition coefficient (Wildman–Crippen LogP) is 1.40. The molecule has 2 fully saturated rings. The second kappa shape index (κ2) is 4.40. The molecule has 0 radical (unpaired) electrons. The fourth-order valence-electron chi connectivity index (χ4n) is 2.63. The monoisotopic (exact) mass is 213 g/mol. The van der Waals surface area contributed by atoms with Gasteiger partial charge in [-0.3, -0.25) is 4.90 Å². The van der Waals surface area contributed by atoms with E-state index in [-0.39, 0.29) is 0 Å². The number of rotatable bonds is 5. The number of likely N-dealkylation sites (tertiary alicyclic amines) is 1. The van der Waals surface area contributed by atoms with Gasteiger partial charge in [-0.15, -0.1) is 0 Å². The molecule has 2 rings (SSSR count). The first kappa shape index (κ1) is 11.4. The lowest BCUT2D eigenvalue weighted by molar-refractivity contribution is -0.0389. The normalized spacial score (nSPS) is 37.4. The first-order valence-electron chi connectivity index (χ1n) is 6.20. The molecule has 1 saturated carbocycles. The fourth-order valence-corrected chi connectivity index (χ4v) is 2.63. The van der Waals surface area contributed by atoms with Crippen molar-refractivity contribution in [1.82, 2.24) is 4.90 Å². The summed E-state index contributed by atoms with van der Waals surface area (Å²) in [6, 6.07) is 1.27. The summed E-state index contributed by atoms with van der Waals surface area (Å²) in [5, 5.41) is 10.4. The third-order valence-electron chi connectivity index (χ3n) is 3.45. The summed E-state index contributed by atoms with van der Waals surface area (Å²) < 4.78 is 5.49. The van der Waals surface area contributed by atoms with Gasteiger partial charge in [0.05, 0.1) is 6.61 Å². The summed E-state index contributed by atoms with van der Waals surface area (Å²) >= 11 is 0. The fraction of sp³-hybridized carbons (Fsp3) is 1.00. The summed E-state index contributed by atoms with van der Waals surface area (Å²) in [5.74, 6) is 0. The third kappa shape index (κ3) is 2.71. The van der Waals surface area contributed by atoms with Crippen molar-refractivity contribution in [3.05, 3.63) is 0 Å². The molecule has 0 aromatic carbocycles. The molecule has 1 aliphatic heterocycles. The van der Waals surface area contributed by atoms with E-state index in [1.165, 1.54) is 12.8 Å². The summed E-state index contributed by atoms with van der Waals surface area (Å²) in [7, 11) is 0. The average molecular weight is 213 g/mol. The van der Waals surface area contributed by atoms with Crippen molar-refractivity contribution in [2.75, 3.05) is 19.8 Å². The Bertz CT molecular complexity index is 218. The number of hydrogen-bond acceptors (Lipinski definition) is 3. The van der Waals surface area contributed by atoms with E-state index in [1.54, 1.807) is 0 Å². The highest BCUT2D eigenvalue weighted by Gasteiger charge is 2.46. The van der Waals surface area contributed by atoms with E-state index in [0.717, 1.165) is 32.0 Å². The highest BCUT2D eigenvalue weighted by atomic mass is 16.5. The zero-order chi connectivity index (χ0) is 10.9. The minimum Gasteiger partial charge on any atom is -0.386 e. The van der Waals surface area contributed by atoms with Crippen LogP contribution in [-0.2, 0) is 4.74 Å². The summed E-state index contributed by atoms with van der Waals surface area (Å²) in [4.78, 5) is 2.45. The largest absolute Gasteiger partial charge is 0.386 e. The van der Waals surface area contributed by atoms with Gasteiger partial charge in [-0.25, -0.2) is 0 Å². The Morgan fingerprint density at radius 1 is 1.47 bits per heavy atom. The van der Waals surface area contributed by atoms with Crippen molar-refractivity contribution >= 4 is 0 Å². The molecule has 1 saturated heterocycles. The zero-order valence-electron chi connectivity index (χ0n) is 9.91. The van der Waals surface area contributed by atoms with Crippen LogP contribution < -0.4 is 0 Å². The van der Waals surface area contributed by atoms with Crippen LogP contribution in [0, 0.1) is 0 Å². The number of nitrogens with zero attached hydrogens (tertiary/aromatic N) is 1. The van der Waals surface area contributed by atoms with Crippen LogP contribution in [0.3, 0.4) is 0 Å². The first-order chi connectivity index (χ1) is 7.14. The minimum atomic E-state index is -0.586. The molecular formula is C12H23NO2. The second-order valence-corrected chi connectivity index (χ2v) is 5.23. The van der Waals surface area contributed by atoms with E-state index in [4.69, 9.17) is 4.74 Å². The molecule has 3 nitrogen and oxygen atoms in total. The maximum atomic E-state index is 10.4. The standard InChI is InChI=1S/C12H23NO2/c1-3-6-15-9-12(14)7-10(2)13(8-12)11-4-5-11/h10-11,14H,3-9H2,1-2H3. The highest BCUT2D eigenvalue weighted by molar-refractivity contribution is 5.00. The predicted molar refractivity (Wildman–Crippen MR) is 59.9 cm³/mol. The van der Waals surface area contributed by atoms with E-state index in [0.29, 0.717) is 12.6 Å². The summed E-state index contributed by atoms with van der Waals surface area (Å²) in [6.07, 6.45) is 4.53. The molecule has 0 aromatic heterocycles. The molecule has 88 valence electrons. The van der Waals surface area contributed by atoms with Crippen molar-refractivity contribution in [3.8, 4) is 0 Å². The van der Waals surface area contributed by atoms with Gasteiger partial charge in [0.15, 0.2) is 0 Å². The minimum absolute atomic E-state index is 0.508. The second-order valence-electron chi connectivity index (χ2n) is 5.23. The molecule has 2 aliphatic rings. The number of hydrogen-bond donors (Lipinski definition) is 1. The maximum Gasteiger partial charge on any atom is 0.102 e. The lowest BCUT2D eigenvalue weighted by Gasteiger charge is -2.23. The van der Waals surface area contributed by atoms with Gasteiger partial charge in [-0.1, -0.05) is 6.92 Å². The highest BCUT2D eigenvalue weighted by Crippen LogP contribution is 2.37. The maximum absolute atomic E-state index is 10.4. The van der Waals surface area contributed by atoms with E-state index in [9.17, 15) is 5.11 Å².